The average molecular weight is 466 g/mol. The summed E-state index contributed by atoms with van der Waals surface area (Å²) < 4.78 is 3.82. The van der Waals surface area contributed by atoms with E-state index in [9.17, 15) is 0 Å². The van der Waals surface area contributed by atoms with Crippen molar-refractivity contribution in [2.45, 2.75) is 54.6 Å². The molecule has 2 atom stereocenters. The summed E-state index contributed by atoms with van der Waals surface area (Å²) in [6, 6.07) is 9.60. The van der Waals surface area contributed by atoms with E-state index in [4.69, 9.17) is 6.42 Å². The Bertz CT molecular complexity index is 894. The Morgan fingerprint density at radius 2 is 1.25 bits per heavy atom. The summed E-state index contributed by atoms with van der Waals surface area (Å²) in [5.41, 5.74) is 7.12. The van der Waals surface area contributed by atoms with Gasteiger partial charge in [0.25, 0.3) is 0 Å². The Hall–Kier alpha value is -1.16. The van der Waals surface area contributed by atoms with Crippen molar-refractivity contribution < 1.29 is 20.4 Å². The van der Waals surface area contributed by atoms with Crippen LogP contribution in [0.4, 0.5) is 0 Å². The molecule has 0 aromatic heterocycles. The third-order valence-electron chi connectivity index (χ3n) is 5.88. The fourth-order valence-corrected chi connectivity index (χ4v) is 24.4. The molecular weight excluding hydrogens is 432 g/mol. The Balaban J connectivity index is 0.000000292. The molecule has 0 nitrogen and oxygen atoms in total. The molecule has 0 heterocycles. The van der Waals surface area contributed by atoms with Crippen molar-refractivity contribution in [3.05, 3.63) is 76.9 Å². The van der Waals surface area contributed by atoms with Crippen LogP contribution in [0.25, 0.3) is 0 Å². The molecule has 0 fully saturated rings. The molecule has 1 aromatic carbocycles. The SMILES string of the molecule is C#Cc1ccccc1.CC1=CC(C)[C]([Zr]([C]2=C(C)C(C)=CC2C)=[Si](C)C)=C1C. The zero-order valence-electron chi connectivity index (χ0n) is 18.8. The summed E-state index contributed by atoms with van der Waals surface area (Å²) in [5, 5.41) is 0. The van der Waals surface area contributed by atoms with Gasteiger partial charge in [0.05, 0.1) is 0 Å². The molecule has 0 amide bonds. The third-order valence-corrected chi connectivity index (χ3v) is 24.2. The molecular formula is C26H34SiZr. The van der Waals surface area contributed by atoms with Gasteiger partial charge in [-0.3, -0.25) is 0 Å². The van der Waals surface area contributed by atoms with Crippen molar-refractivity contribution in [2.24, 2.45) is 11.8 Å². The van der Waals surface area contributed by atoms with Gasteiger partial charge in [-0.15, -0.1) is 6.42 Å². The van der Waals surface area contributed by atoms with E-state index in [1.165, 1.54) is 0 Å². The van der Waals surface area contributed by atoms with Gasteiger partial charge in [0.2, 0.25) is 0 Å². The van der Waals surface area contributed by atoms with E-state index >= 15 is 0 Å². The van der Waals surface area contributed by atoms with E-state index in [0.717, 1.165) is 5.56 Å². The Morgan fingerprint density at radius 3 is 1.50 bits per heavy atom. The number of benzene rings is 1. The maximum atomic E-state index is 5.10. The zero-order chi connectivity index (χ0) is 21.0. The Labute approximate surface area is 180 Å². The van der Waals surface area contributed by atoms with Crippen molar-refractivity contribution in [3.8, 4) is 12.3 Å². The van der Waals surface area contributed by atoms with Crippen LogP contribution in [-0.2, 0) is 20.4 Å². The fourth-order valence-electron chi connectivity index (χ4n) is 4.32. The van der Waals surface area contributed by atoms with Crippen molar-refractivity contribution in [3.63, 3.8) is 0 Å². The van der Waals surface area contributed by atoms with E-state index in [0.29, 0.717) is 11.8 Å². The van der Waals surface area contributed by atoms with Crippen LogP contribution in [0.2, 0.25) is 13.1 Å². The molecule has 0 N–H and O–H groups in total. The first-order valence-electron chi connectivity index (χ1n) is 10.2. The van der Waals surface area contributed by atoms with Gasteiger partial charge in [-0.05, 0) is 12.1 Å². The van der Waals surface area contributed by atoms with Crippen LogP contribution < -0.4 is 0 Å². The Morgan fingerprint density at radius 1 is 0.821 bits per heavy atom. The van der Waals surface area contributed by atoms with Crippen molar-refractivity contribution >= 4 is 5.43 Å². The zero-order valence-corrected chi connectivity index (χ0v) is 22.2. The van der Waals surface area contributed by atoms with Crippen LogP contribution in [0, 0.1) is 24.2 Å². The van der Waals surface area contributed by atoms with Crippen LogP contribution in [0.1, 0.15) is 47.1 Å². The predicted octanol–water partition coefficient (Wildman–Crippen LogP) is 7.26. The Kier molecular flexibility index (Phi) is 8.30. The first-order chi connectivity index (χ1) is 13.2. The summed E-state index contributed by atoms with van der Waals surface area (Å²) in [6.07, 6.45) is 10.1. The molecule has 1 aromatic rings. The molecule has 2 heteroatoms. The van der Waals surface area contributed by atoms with Crippen molar-refractivity contribution in [2.75, 3.05) is 0 Å². The summed E-state index contributed by atoms with van der Waals surface area (Å²) in [4.78, 5) is 0. The molecule has 0 aliphatic heterocycles. The fraction of sp³-hybridized carbons (Fsp3) is 0.385. The van der Waals surface area contributed by atoms with E-state index in [1.807, 2.05) is 36.9 Å². The number of hydrogen-bond acceptors (Lipinski definition) is 0. The van der Waals surface area contributed by atoms with Gasteiger partial charge in [0.1, 0.15) is 0 Å². The van der Waals surface area contributed by atoms with Gasteiger partial charge in [0, 0.05) is 5.56 Å². The minimum atomic E-state index is -1.66. The quantitative estimate of drug-likeness (QED) is 0.318. The normalized spacial score (nSPS) is 21.0. The topological polar surface area (TPSA) is 0 Å². The number of allylic oxidation sites excluding steroid dienone is 8. The second kappa shape index (κ2) is 10.0. The number of hydrogen-bond donors (Lipinski definition) is 0. The van der Waals surface area contributed by atoms with E-state index in [2.05, 4.69) is 72.7 Å². The first kappa shape index (κ1) is 23.1. The van der Waals surface area contributed by atoms with Crippen LogP contribution >= 0.6 is 0 Å². The summed E-state index contributed by atoms with van der Waals surface area (Å²) >= 11 is -1.66. The van der Waals surface area contributed by atoms with Gasteiger partial charge in [0.15, 0.2) is 0 Å². The van der Waals surface area contributed by atoms with Gasteiger partial charge in [-0.2, -0.15) is 0 Å². The van der Waals surface area contributed by atoms with E-state index < -0.39 is 20.4 Å². The molecule has 3 rings (SSSR count). The molecule has 2 aliphatic rings. The van der Waals surface area contributed by atoms with Crippen LogP contribution in [0.5, 0.6) is 0 Å². The van der Waals surface area contributed by atoms with Crippen molar-refractivity contribution in [1.82, 2.24) is 0 Å². The van der Waals surface area contributed by atoms with Gasteiger partial charge >= 0.3 is 133 Å². The molecule has 146 valence electrons. The second-order valence-corrected chi connectivity index (χ2v) is 25.1. The summed E-state index contributed by atoms with van der Waals surface area (Å²) in [6.45, 7) is 19.4. The number of rotatable bonds is 2. The molecule has 2 unspecified atom stereocenters. The second-order valence-electron chi connectivity index (χ2n) is 8.24. The monoisotopic (exact) mass is 464 g/mol. The molecule has 0 spiro atoms. The van der Waals surface area contributed by atoms with Gasteiger partial charge in [-0.1, -0.05) is 24.1 Å². The average Bonchev–Trinajstić information content (AvgIpc) is 3.06. The standard InChI is InChI=1S/2C8H11.C8H6.C2H6Si.Zr/c2*1-6-4-7(2)8(3)5-6;1-2-8-6-4-3-5-7-8;1-3-2;/h2*4,6H,1-3H3;1,3-7H;1-2H3;. The molecule has 28 heavy (non-hydrogen) atoms. The van der Waals surface area contributed by atoms with E-state index in [1.54, 1.807) is 22.3 Å². The van der Waals surface area contributed by atoms with Crippen LogP contribution in [0.15, 0.2) is 71.3 Å². The van der Waals surface area contributed by atoms with Crippen molar-refractivity contribution in [1.29, 1.82) is 0 Å². The molecule has 0 radical (unpaired) electrons. The molecule has 0 bridgehead atoms. The minimum absolute atomic E-state index is 0.201. The third kappa shape index (κ3) is 5.06. The van der Waals surface area contributed by atoms with E-state index in [-0.39, 0.29) is 5.43 Å². The van der Waals surface area contributed by atoms with Crippen LogP contribution in [-0.4, -0.2) is 5.43 Å². The number of terminal acetylenes is 1. The summed E-state index contributed by atoms with van der Waals surface area (Å²) in [5.74, 6) is 3.94. The molecule has 2 aliphatic carbocycles. The van der Waals surface area contributed by atoms with Gasteiger partial charge in [-0.25, -0.2) is 0 Å². The van der Waals surface area contributed by atoms with Crippen LogP contribution in [0.3, 0.4) is 0 Å². The molecule has 0 saturated carbocycles. The maximum absolute atomic E-state index is 5.10. The summed E-state index contributed by atoms with van der Waals surface area (Å²) in [7, 11) is 0. The predicted molar refractivity (Wildman–Crippen MR) is 123 cm³/mol. The van der Waals surface area contributed by atoms with Gasteiger partial charge < -0.3 is 0 Å². The molecule has 0 saturated heterocycles. The first-order valence-corrected chi connectivity index (χ1v) is 18.8.